The van der Waals surface area contributed by atoms with Gasteiger partial charge < -0.3 is 9.47 Å². The molecule has 3 aromatic rings. The van der Waals surface area contributed by atoms with Crippen molar-refractivity contribution in [2.45, 2.75) is 70.5 Å². The van der Waals surface area contributed by atoms with Crippen molar-refractivity contribution in [1.82, 2.24) is 0 Å². The van der Waals surface area contributed by atoms with E-state index in [9.17, 15) is 9.59 Å². The second kappa shape index (κ2) is 9.16. The highest BCUT2D eigenvalue weighted by atomic mass is 32.1. The van der Waals surface area contributed by atoms with Gasteiger partial charge in [0.25, 0.3) is 0 Å². The van der Waals surface area contributed by atoms with Crippen molar-refractivity contribution in [2.75, 3.05) is 0 Å². The smallest absolute Gasteiger partial charge is 0.311 e. The average molecular weight is 491 g/mol. The number of thiol groups is 1. The van der Waals surface area contributed by atoms with E-state index < -0.39 is 5.41 Å². The Morgan fingerprint density at radius 3 is 2.51 bits per heavy atom. The minimum Gasteiger partial charge on any atom is -0.462 e. The van der Waals surface area contributed by atoms with E-state index >= 15 is 0 Å². The SMILES string of the molecule is CCC(C)(C)C(=O)OC1CC2CC1CC2C(=O)OC(C)c1ccc2cc3cccc(S)c3cc2c1. The summed E-state index contributed by atoms with van der Waals surface area (Å²) in [6, 6.07) is 16.7. The number of fused-ring (bicyclic) bond motifs is 4. The van der Waals surface area contributed by atoms with E-state index in [1.165, 1.54) is 0 Å². The largest absolute Gasteiger partial charge is 0.462 e. The fourth-order valence-corrected chi connectivity index (χ4v) is 5.99. The Kier molecular flexibility index (Phi) is 6.33. The summed E-state index contributed by atoms with van der Waals surface area (Å²) in [5.74, 6) is 0.139. The highest BCUT2D eigenvalue weighted by Crippen LogP contribution is 2.51. The van der Waals surface area contributed by atoms with Gasteiger partial charge in [0.15, 0.2) is 0 Å². The molecule has 0 N–H and O–H groups in total. The highest BCUT2D eigenvalue weighted by molar-refractivity contribution is 7.80. The molecule has 3 aromatic carbocycles. The molecule has 184 valence electrons. The molecular weight excluding hydrogens is 456 g/mol. The van der Waals surface area contributed by atoms with E-state index in [1.54, 1.807) is 0 Å². The van der Waals surface area contributed by atoms with Gasteiger partial charge in [0.1, 0.15) is 12.2 Å². The molecule has 0 radical (unpaired) electrons. The van der Waals surface area contributed by atoms with Gasteiger partial charge in [-0.3, -0.25) is 9.59 Å². The highest BCUT2D eigenvalue weighted by Gasteiger charge is 2.51. The van der Waals surface area contributed by atoms with E-state index in [1.807, 2.05) is 45.9 Å². The number of esters is 2. The molecule has 0 heterocycles. The first kappa shape index (κ1) is 24.2. The van der Waals surface area contributed by atoms with Crippen LogP contribution in [0.25, 0.3) is 21.5 Å². The lowest BCUT2D eigenvalue weighted by Gasteiger charge is -2.30. The first-order valence-corrected chi connectivity index (χ1v) is 13.2. The van der Waals surface area contributed by atoms with E-state index in [-0.39, 0.29) is 41.9 Å². The first-order valence-electron chi connectivity index (χ1n) is 12.7. The van der Waals surface area contributed by atoms with Crippen LogP contribution in [0.4, 0.5) is 0 Å². The molecule has 0 amide bonds. The van der Waals surface area contributed by atoms with Gasteiger partial charge in [0.2, 0.25) is 0 Å². The van der Waals surface area contributed by atoms with Crippen LogP contribution in [0.3, 0.4) is 0 Å². The molecule has 2 fully saturated rings. The quantitative estimate of drug-likeness (QED) is 0.224. The number of hydrogen-bond donors (Lipinski definition) is 1. The van der Waals surface area contributed by atoms with Crippen molar-refractivity contribution in [3.05, 3.63) is 54.1 Å². The Balaban J connectivity index is 1.24. The van der Waals surface area contributed by atoms with Crippen LogP contribution in [0.15, 0.2) is 53.4 Å². The monoisotopic (exact) mass is 490 g/mol. The van der Waals surface area contributed by atoms with Crippen LogP contribution in [0.1, 0.15) is 65.0 Å². The van der Waals surface area contributed by atoms with Crippen molar-refractivity contribution in [1.29, 1.82) is 0 Å². The van der Waals surface area contributed by atoms with Crippen molar-refractivity contribution < 1.29 is 19.1 Å². The minimum absolute atomic E-state index is 0.0631. The van der Waals surface area contributed by atoms with Crippen molar-refractivity contribution >= 4 is 46.1 Å². The maximum Gasteiger partial charge on any atom is 0.311 e. The third kappa shape index (κ3) is 4.55. The predicted octanol–water partition coefficient (Wildman–Crippen LogP) is 7.28. The Hall–Kier alpha value is -2.53. The van der Waals surface area contributed by atoms with E-state index in [4.69, 9.17) is 9.47 Å². The van der Waals surface area contributed by atoms with Gasteiger partial charge in [-0.2, -0.15) is 0 Å². The predicted molar refractivity (Wildman–Crippen MR) is 141 cm³/mol. The van der Waals surface area contributed by atoms with Gasteiger partial charge in [0.05, 0.1) is 11.3 Å². The molecule has 0 aliphatic heterocycles. The topological polar surface area (TPSA) is 52.6 Å². The van der Waals surface area contributed by atoms with Gasteiger partial charge in [-0.25, -0.2) is 0 Å². The van der Waals surface area contributed by atoms with Crippen molar-refractivity contribution in [3.63, 3.8) is 0 Å². The molecular formula is C30H34O4S. The summed E-state index contributed by atoms with van der Waals surface area (Å²) in [4.78, 5) is 26.6. The fourth-order valence-electron chi connectivity index (χ4n) is 5.71. The van der Waals surface area contributed by atoms with Gasteiger partial charge in [-0.1, -0.05) is 31.2 Å². The summed E-state index contributed by atoms with van der Waals surface area (Å²) in [6.45, 7) is 7.80. The summed E-state index contributed by atoms with van der Waals surface area (Å²) >= 11 is 4.60. The number of carbonyl (C=O) groups excluding carboxylic acids is 2. The number of rotatable bonds is 6. The number of benzene rings is 3. The molecule has 4 nitrogen and oxygen atoms in total. The lowest BCUT2D eigenvalue weighted by Crippen LogP contribution is -2.35. The van der Waals surface area contributed by atoms with Crippen LogP contribution >= 0.6 is 12.6 Å². The summed E-state index contributed by atoms with van der Waals surface area (Å²) in [5.41, 5.74) is 0.523. The molecule has 2 bridgehead atoms. The molecule has 0 spiro atoms. The standard InChI is InChI=1S/C30H34O4S/c1-5-30(3,4)29(32)34-26-16-22-13-23(26)15-25(22)28(31)33-17(2)18-9-10-19-12-20-7-6-8-27(35)24(20)14-21(19)11-18/h6-12,14,17,22-23,25-26,35H,5,13,15-16H2,1-4H3. The summed E-state index contributed by atoms with van der Waals surface area (Å²) in [7, 11) is 0. The zero-order valence-corrected chi connectivity index (χ0v) is 21.8. The van der Waals surface area contributed by atoms with Crippen LogP contribution < -0.4 is 0 Å². The third-order valence-corrected chi connectivity index (χ3v) is 8.78. The zero-order chi connectivity index (χ0) is 24.9. The van der Waals surface area contributed by atoms with Gasteiger partial charge in [-0.05, 0) is 110 Å². The molecule has 5 atom stereocenters. The lowest BCUT2D eigenvalue weighted by atomic mass is 9.86. The fraction of sp³-hybridized carbons (Fsp3) is 0.467. The molecule has 0 saturated heterocycles. The van der Waals surface area contributed by atoms with Crippen LogP contribution in [0, 0.1) is 23.2 Å². The minimum atomic E-state index is -0.462. The van der Waals surface area contributed by atoms with Crippen molar-refractivity contribution in [2.24, 2.45) is 23.2 Å². The molecule has 2 aliphatic rings. The second-order valence-corrected chi connectivity index (χ2v) is 11.5. The Labute approximate surface area is 212 Å². The molecule has 5 rings (SSSR count). The maximum atomic E-state index is 13.1. The number of carbonyl (C=O) groups is 2. The zero-order valence-electron chi connectivity index (χ0n) is 20.9. The molecule has 0 aromatic heterocycles. The maximum absolute atomic E-state index is 13.1. The van der Waals surface area contributed by atoms with Crippen LogP contribution in [-0.2, 0) is 19.1 Å². The van der Waals surface area contributed by atoms with Crippen molar-refractivity contribution in [3.8, 4) is 0 Å². The molecule has 35 heavy (non-hydrogen) atoms. The Bertz CT molecular complexity index is 1300. The van der Waals surface area contributed by atoms with E-state index in [2.05, 4.69) is 43.0 Å². The molecule has 2 saturated carbocycles. The van der Waals surface area contributed by atoms with Gasteiger partial charge >= 0.3 is 11.9 Å². The van der Waals surface area contributed by atoms with Crippen LogP contribution in [0.5, 0.6) is 0 Å². The third-order valence-electron chi connectivity index (χ3n) is 8.39. The number of ether oxygens (including phenoxy) is 2. The van der Waals surface area contributed by atoms with E-state index in [0.29, 0.717) is 0 Å². The Morgan fingerprint density at radius 2 is 1.80 bits per heavy atom. The molecule has 5 unspecified atom stereocenters. The Morgan fingerprint density at radius 1 is 1.00 bits per heavy atom. The van der Waals surface area contributed by atoms with Gasteiger partial charge in [-0.15, -0.1) is 12.6 Å². The van der Waals surface area contributed by atoms with Crippen LogP contribution in [-0.4, -0.2) is 18.0 Å². The molecule has 2 aliphatic carbocycles. The summed E-state index contributed by atoms with van der Waals surface area (Å²) in [6.07, 6.45) is 2.81. The average Bonchev–Trinajstić information content (AvgIpc) is 3.43. The summed E-state index contributed by atoms with van der Waals surface area (Å²) < 4.78 is 11.8. The summed E-state index contributed by atoms with van der Waals surface area (Å²) in [5, 5.41) is 4.54. The molecule has 5 heteroatoms. The second-order valence-electron chi connectivity index (χ2n) is 11.1. The lowest BCUT2D eigenvalue weighted by molar-refractivity contribution is -0.164. The van der Waals surface area contributed by atoms with Crippen LogP contribution in [0.2, 0.25) is 0 Å². The van der Waals surface area contributed by atoms with Gasteiger partial charge in [0, 0.05) is 4.90 Å². The number of hydrogen-bond acceptors (Lipinski definition) is 5. The normalized spacial score (nSPS) is 24.6. The first-order chi connectivity index (χ1) is 16.7. The van der Waals surface area contributed by atoms with E-state index in [0.717, 1.165) is 57.7 Å².